The van der Waals surface area contributed by atoms with Crippen LogP contribution in [0.15, 0.2) is 71.6 Å². The third kappa shape index (κ3) is 6.01. The largest absolute Gasteiger partial charge is 0.347 e. The SMILES string of the molecule is O=C(NCCc1ccc(S(=O)(=O)NC2CCCCC2)cc1)C(=O)Nc1cccc2ccccc12. The molecule has 0 bridgehead atoms. The molecule has 1 aliphatic rings. The summed E-state index contributed by atoms with van der Waals surface area (Å²) in [6.07, 6.45) is 5.50. The molecule has 3 aromatic rings. The summed E-state index contributed by atoms with van der Waals surface area (Å²) in [5, 5.41) is 7.12. The van der Waals surface area contributed by atoms with Crippen molar-refractivity contribution in [3.8, 4) is 0 Å². The van der Waals surface area contributed by atoms with E-state index in [1.165, 1.54) is 0 Å². The Balaban J connectivity index is 1.27. The van der Waals surface area contributed by atoms with Crippen molar-refractivity contribution in [1.82, 2.24) is 10.0 Å². The summed E-state index contributed by atoms with van der Waals surface area (Å²) >= 11 is 0. The van der Waals surface area contributed by atoms with E-state index in [4.69, 9.17) is 0 Å². The number of sulfonamides is 1. The van der Waals surface area contributed by atoms with Crippen LogP contribution in [0.4, 0.5) is 5.69 Å². The van der Waals surface area contributed by atoms with E-state index in [2.05, 4.69) is 15.4 Å². The van der Waals surface area contributed by atoms with Gasteiger partial charge in [-0.25, -0.2) is 13.1 Å². The lowest BCUT2D eigenvalue weighted by Gasteiger charge is -2.22. The maximum atomic E-state index is 12.6. The van der Waals surface area contributed by atoms with Gasteiger partial charge in [0.2, 0.25) is 10.0 Å². The first kappa shape index (κ1) is 23.9. The molecule has 0 aliphatic heterocycles. The van der Waals surface area contributed by atoms with Gasteiger partial charge in [-0.3, -0.25) is 9.59 Å². The van der Waals surface area contributed by atoms with Crippen molar-refractivity contribution in [3.63, 3.8) is 0 Å². The van der Waals surface area contributed by atoms with E-state index < -0.39 is 21.8 Å². The minimum atomic E-state index is -3.54. The predicted octanol–water partition coefficient (Wildman–Crippen LogP) is 3.75. The molecule has 1 aliphatic carbocycles. The smallest absolute Gasteiger partial charge is 0.313 e. The third-order valence-electron chi connectivity index (χ3n) is 6.10. The van der Waals surface area contributed by atoms with Crippen molar-refractivity contribution in [3.05, 3.63) is 72.3 Å². The molecule has 2 amide bonds. The van der Waals surface area contributed by atoms with Gasteiger partial charge in [0.1, 0.15) is 0 Å². The lowest BCUT2D eigenvalue weighted by Crippen LogP contribution is -2.36. The molecule has 1 saturated carbocycles. The lowest BCUT2D eigenvalue weighted by atomic mass is 9.96. The summed E-state index contributed by atoms with van der Waals surface area (Å²) in [4.78, 5) is 24.8. The molecule has 178 valence electrons. The molecule has 7 nitrogen and oxygen atoms in total. The van der Waals surface area contributed by atoms with E-state index in [0.29, 0.717) is 12.1 Å². The second-order valence-electron chi connectivity index (χ2n) is 8.59. The van der Waals surface area contributed by atoms with Crippen LogP contribution in [-0.4, -0.2) is 32.8 Å². The summed E-state index contributed by atoms with van der Waals surface area (Å²) in [5.74, 6) is -1.45. The maximum Gasteiger partial charge on any atom is 0.313 e. The fourth-order valence-electron chi connectivity index (χ4n) is 4.26. The molecule has 3 N–H and O–H groups in total. The highest BCUT2D eigenvalue weighted by Crippen LogP contribution is 2.23. The number of benzene rings is 3. The van der Waals surface area contributed by atoms with Gasteiger partial charge >= 0.3 is 11.8 Å². The highest BCUT2D eigenvalue weighted by Gasteiger charge is 2.21. The van der Waals surface area contributed by atoms with Crippen LogP contribution in [0.25, 0.3) is 10.8 Å². The Morgan fingerprint density at radius 1 is 0.824 bits per heavy atom. The van der Waals surface area contributed by atoms with Crippen molar-refractivity contribution in [2.24, 2.45) is 0 Å². The molecule has 0 radical (unpaired) electrons. The molecular formula is C26H29N3O4S. The van der Waals surface area contributed by atoms with Crippen LogP contribution in [0.5, 0.6) is 0 Å². The number of carbonyl (C=O) groups excluding carboxylic acids is 2. The van der Waals surface area contributed by atoms with E-state index in [0.717, 1.165) is 48.4 Å². The Hall–Kier alpha value is -3.23. The van der Waals surface area contributed by atoms with Crippen molar-refractivity contribution in [2.75, 3.05) is 11.9 Å². The van der Waals surface area contributed by atoms with Gasteiger partial charge in [-0.15, -0.1) is 0 Å². The van der Waals surface area contributed by atoms with Crippen LogP contribution in [-0.2, 0) is 26.0 Å². The van der Waals surface area contributed by atoms with Gasteiger partial charge < -0.3 is 10.6 Å². The molecule has 0 atom stereocenters. The Kier molecular flexibility index (Phi) is 7.59. The zero-order valence-corrected chi connectivity index (χ0v) is 19.7. The van der Waals surface area contributed by atoms with E-state index >= 15 is 0 Å². The number of hydrogen-bond donors (Lipinski definition) is 3. The monoisotopic (exact) mass is 479 g/mol. The van der Waals surface area contributed by atoms with Crippen molar-refractivity contribution >= 4 is 38.3 Å². The molecule has 34 heavy (non-hydrogen) atoms. The number of rotatable bonds is 7. The van der Waals surface area contributed by atoms with E-state index in [1.54, 1.807) is 30.3 Å². The van der Waals surface area contributed by atoms with Gasteiger partial charge in [0.05, 0.1) is 4.90 Å². The summed E-state index contributed by atoms with van der Waals surface area (Å²) in [6, 6.07) is 19.8. The number of amides is 2. The minimum Gasteiger partial charge on any atom is -0.347 e. The van der Waals surface area contributed by atoms with Crippen LogP contribution < -0.4 is 15.4 Å². The predicted molar refractivity (Wildman–Crippen MR) is 133 cm³/mol. The molecule has 0 spiro atoms. The molecule has 8 heteroatoms. The molecule has 0 aromatic heterocycles. The molecule has 1 fully saturated rings. The van der Waals surface area contributed by atoms with E-state index in [1.807, 2.05) is 36.4 Å². The fourth-order valence-corrected chi connectivity index (χ4v) is 5.56. The number of anilines is 1. The van der Waals surface area contributed by atoms with Crippen LogP contribution >= 0.6 is 0 Å². The fraction of sp³-hybridized carbons (Fsp3) is 0.308. The molecule has 4 rings (SSSR count). The Labute approximate surface area is 200 Å². The second-order valence-corrected chi connectivity index (χ2v) is 10.3. The Morgan fingerprint density at radius 2 is 1.53 bits per heavy atom. The van der Waals surface area contributed by atoms with Gasteiger partial charge in [-0.2, -0.15) is 0 Å². The third-order valence-corrected chi connectivity index (χ3v) is 7.64. The van der Waals surface area contributed by atoms with Crippen LogP contribution in [0, 0.1) is 0 Å². The lowest BCUT2D eigenvalue weighted by molar-refractivity contribution is -0.136. The molecule has 3 aromatic carbocycles. The van der Waals surface area contributed by atoms with Crippen molar-refractivity contribution < 1.29 is 18.0 Å². The standard InChI is InChI=1S/C26H29N3O4S/c30-25(26(31)28-24-12-6-8-20-7-4-5-11-23(20)24)27-18-17-19-13-15-22(16-14-19)34(32,33)29-21-9-2-1-3-10-21/h4-8,11-16,21,29H,1-3,9-10,17-18H2,(H,27,30)(H,28,31). The number of fused-ring (bicyclic) bond motifs is 1. The zero-order valence-electron chi connectivity index (χ0n) is 18.9. The normalized spacial score (nSPS) is 14.6. The zero-order chi connectivity index (χ0) is 24.0. The highest BCUT2D eigenvalue weighted by atomic mass is 32.2. The van der Waals surface area contributed by atoms with Crippen LogP contribution in [0.2, 0.25) is 0 Å². The van der Waals surface area contributed by atoms with Crippen molar-refractivity contribution in [1.29, 1.82) is 0 Å². The Bertz CT molecular complexity index is 1260. The van der Waals surface area contributed by atoms with Gasteiger partial charge in [-0.1, -0.05) is 67.8 Å². The molecule has 0 saturated heterocycles. The van der Waals surface area contributed by atoms with Gasteiger partial charge in [-0.05, 0) is 48.4 Å². The van der Waals surface area contributed by atoms with Gasteiger partial charge in [0.15, 0.2) is 0 Å². The first-order chi connectivity index (χ1) is 16.4. The highest BCUT2D eigenvalue weighted by molar-refractivity contribution is 7.89. The van der Waals surface area contributed by atoms with Crippen LogP contribution in [0.3, 0.4) is 0 Å². The van der Waals surface area contributed by atoms with Crippen molar-refractivity contribution in [2.45, 2.75) is 49.5 Å². The van der Waals surface area contributed by atoms with E-state index in [-0.39, 0.29) is 17.5 Å². The van der Waals surface area contributed by atoms with Gasteiger partial charge in [0, 0.05) is 23.7 Å². The summed E-state index contributed by atoms with van der Waals surface area (Å²) in [5.41, 5.74) is 1.45. The molecule has 0 unspecified atom stereocenters. The second kappa shape index (κ2) is 10.8. The summed E-state index contributed by atoms with van der Waals surface area (Å²) in [6.45, 7) is 0.258. The summed E-state index contributed by atoms with van der Waals surface area (Å²) < 4.78 is 28.0. The topological polar surface area (TPSA) is 104 Å². The van der Waals surface area contributed by atoms with Gasteiger partial charge in [0.25, 0.3) is 0 Å². The average molecular weight is 480 g/mol. The average Bonchev–Trinajstić information content (AvgIpc) is 2.85. The molecule has 0 heterocycles. The first-order valence-corrected chi connectivity index (χ1v) is 13.1. The first-order valence-electron chi connectivity index (χ1n) is 11.6. The summed E-state index contributed by atoms with van der Waals surface area (Å²) in [7, 11) is -3.54. The van der Waals surface area contributed by atoms with Crippen LogP contribution in [0.1, 0.15) is 37.7 Å². The van der Waals surface area contributed by atoms with E-state index in [9.17, 15) is 18.0 Å². The maximum absolute atomic E-state index is 12.6. The minimum absolute atomic E-state index is 0.00802. The quantitative estimate of drug-likeness (QED) is 0.449. The Morgan fingerprint density at radius 3 is 2.29 bits per heavy atom. The molecular weight excluding hydrogens is 450 g/mol. The number of nitrogens with one attached hydrogen (secondary N) is 3. The number of carbonyl (C=O) groups is 2. The number of hydrogen-bond acceptors (Lipinski definition) is 4.